The van der Waals surface area contributed by atoms with Crippen LogP contribution in [0.1, 0.15) is 18.3 Å². The Bertz CT molecular complexity index is 614. The number of nitrogens with one attached hydrogen (secondary N) is 2. The van der Waals surface area contributed by atoms with Crippen molar-refractivity contribution in [2.24, 2.45) is 0 Å². The number of aromatic nitrogens is 2. The molecular formula is C14H15Cl2N3O. The van der Waals surface area contributed by atoms with E-state index in [4.69, 9.17) is 27.9 Å². The maximum absolute atomic E-state index is 6.21. The van der Waals surface area contributed by atoms with Gasteiger partial charge in [-0.2, -0.15) is 0 Å². The van der Waals surface area contributed by atoms with Gasteiger partial charge in [0.15, 0.2) is 0 Å². The summed E-state index contributed by atoms with van der Waals surface area (Å²) in [6.45, 7) is 0.846. The summed E-state index contributed by atoms with van der Waals surface area (Å²) in [7, 11) is 1.73. The molecule has 2 heterocycles. The standard InChI is InChI=1S/C14H15Cl2N3O/c1-20-9-5-12(17-6-9)14-18-7-13(19-14)10-3-2-8(15)4-11(10)16/h2-4,7,9,12,17H,5-6H2,1H3,(H,18,19). The van der Waals surface area contributed by atoms with Gasteiger partial charge in [-0.15, -0.1) is 0 Å². The van der Waals surface area contributed by atoms with Crippen molar-refractivity contribution in [2.75, 3.05) is 13.7 Å². The highest BCUT2D eigenvalue weighted by molar-refractivity contribution is 6.36. The van der Waals surface area contributed by atoms with Crippen LogP contribution in [0.25, 0.3) is 11.3 Å². The first-order valence-corrected chi connectivity index (χ1v) is 7.19. The number of ether oxygens (including phenoxy) is 1. The van der Waals surface area contributed by atoms with Crippen molar-refractivity contribution in [1.82, 2.24) is 15.3 Å². The molecule has 0 radical (unpaired) electrons. The van der Waals surface area contributed by atoms with E-state index in [1.165, 1.54) is 0 Å². The van der Waals surface area contributed by atoms with Gasteiger partial charge in [0.1, 0.15) is 5.82 Å². The Hall–Kier alpha value is -1.07. The Morgan fingerprint density at radius 1 is 1.35 bits per heavy atom. The van der Waals surface area contributed by atoms with E-state index in [2.05, 4.69) is 15.3 Å². The zero-order valence-corrected chi connectivity index (χ0v) is 12.5. The van der Waals surface area contributed by atoms with Crippen LogP contribution >= 0.6 is 23.2 Å². The molecule has 3 rings (SSSR count). The average Bonchev–Trinajstić information content (AvgIpc) is 3.07. The Labute approximate surface area is 127 Å². The van der Waals surface area contributed by atoms with Crippen LogP contribution in [0.15, 0.2) is 24.4 Å². The minimum Gasteiger partial charge on any atom is -0.380 e. The summed E-state index contributed by atoms with van der Waals surface area (Å²) >= 11 is 12.1. The fourth-order valence-electron chi connectivity index (χ4n) is 2.45. The molecule has 0 bridgehead atoms. The lowest BCUT2D eigenvalue weighted by Gasteiger charge is -2.07. The summed E-state index contributed by atoms with van der Waals surface area (Å²) in [6.07, 6.45) is 2.96. The predicted molar refractivity (Wildman–Crippen MR) is 80.2 cm³/mol. The second-order valence-electron chi connectivity index (χ2n) is 4.86. The molecule has 20 heavy (non-hydrogen) atoms. The molecule has 1 fully saturated rings. The first kappa shape index (κ1) is 13.9. The molecule has 2 N–H and O–H groups in total. The van der Waals surface area contributed by atoms with E-state index in [0.29, 0.717) is 10.0 Å². The van der Waals surface area contributed by atoms with Crippen LogP contribution in [0.2, 0.25) is 10.0 Å². The molecule has 1 aliphatic heterocycles. The maximum atomic E-state index is 6.21. The molecule has 106 valence electrons. The van der Waals surface area contributed by atoms with Gasteiger partial charge in [-0.05, 0) is 24.6 Å². The average molecular weight is 312 g/mol. The first-order chi connectivity index (χ1) is 9.67. The summed E-state index contributed by atoms with van der Waals surface area (Å²) in [5.41, 5.74) is 1.79. The highest BCUT2D eigenvalue weighted by Crippen LogP contribution is 2.31. The number of hydrogen-bond acceptors (Lipinski definition) is 3. The zero-order valence-electron chi connectivity index (χ0n) is 11.0. The van der Waals surface area contributed by atoms with Crippen LogP contribution in [0.4, 0.5) is 0 Å². The molecule has 2 unspecified atom stereocenters. The summed E-state index contributed by atoms with van der Waals surface area (Å²) in [4.78, 5) is 7.76. The molecule has 0 spiro atoms. The predicted octanol–water partition coefficient (Wildman–Crippen LogP) is 3.43. The molecule has 1 aromatic heterocycles. The number of methoxy groups -OCH3 is 1. The van der Waals surface area contributed by atoms with E-state index in [1.807, 2.05) is 12.1 Å². The quantitative estimate of drug-likeness (QED) is 0.913. The monoisotopic (exact) mass is 311 g/mol. The third kappa shape index (κ3) is 2.69. The lowest BCUT2D eigenvalue weighted by Crippen LogP contribution is -2.16. The maximum Gasteiger partial charge on any atom is 0.123 e. The number of rotatable bonds is 3. The largest absolute Gasteiger partial charge is 0.380 e. The van der Waals surface area contributed by atoms with E-state index in [1.54, 1.807) is 19.4 Å². The number of aromatic amines is 1. The number of nitrogens with zero attached hydrogens (tertiary/aromatic N) is 1. The van der Waals surface area contributed by atoms with Crippen molar-refractivity contribution < 1.29 is 4.74 Å². The summed E-state index contributed by atoms with van der Waals surface area (Å²) in [5, 5.41) is 4.63. The highest BCUT2D eigenvalue weighted by Gasteiger charge is 2.27. The SMILES string of the molecule is COC1CNC(c2ncc(-c3ccc(Cl)cc3Cl)[nH]2)C1. The Kier molecular flexibility index (Phi) is 3.98. The Balaban J connectivity index is 1.83. The summed E-state index contributed by atoms with van der Waals surface area (Å²) in [6, 6.07) is 5.63. The Morgan fingerprint density at radius 3 is 2.90 bits per heavy atom. The van der Waals surface area contributed by atoms with Crippen molar-refractivity contribution in [3.8, 4) is 11.3 Å². The van der Waals surface area contributed by atoms with Crippen molar-refractivity contribution in [3.05, 3.63) is 40.3 Å². The van der Waals surface area contributed by atoms with Crippen LogP contribution in [0.5, 0.6) is 0 Å². The topological polar surface area (TPSA) is 49.9 Å². The third-order valence-electron chi connectivity index (χ3n) is 3.57. The smallest absolute Gasteiger partial charge is 0.123 e. The van der Waals surface area contributed by atoms with E-state index in [9.17, 15) is 0 Å². The molecule has 2 aromatic rings. The normalized spacial score (nSPS) is 22.4. The molecule has 1 aromatic carbocycles. The lowest BCUT2D eigenvalue weighted by molar-refractivity contribution is 0.117. The molecular weight excluding hydrogens is 297 g/mol. The lowest BCUT2D eigenvalue weighted by atomic mass is 10.1. The minimum atomic E-state index is 0.194. The molecule has 0 aliphatic carbocycles. The molecule has 0 saturated carbocycles. The Morgan fingerprint density at radius 2 is 2.20 bits per heavy atom. The van der Waals surface area contributed by atoms with Crippen LogP contribution < -0.4 is 5.32 Å². The number of benzene rings is 1. The van der Waals surface area contributed by atoms with E-state index in [-0.39, 0.29) is 12.1 Å². The van der Waals surface area contributed by atoms with Gasteiger partial charge in [-0.3, -0.25) is 0 Å². The van der Waals surface area contributed by atoms with Crippen molar-refractivity contribution in [1.29, 1.82) is 0 Å². The third-order valence-corrected chi connectivity index (χ3v) is 4.12. The molecule has 2 atom stereocenters. The molecule has 1 saturated heterocycles. The number of imidazole rings is 1. The van der Waals surface area contributed by atoms with Gasteiger partial charge in [-0.25, -0.2) is 4.98 Å². The molecule has 1 aliphatic rings. The number of hydrogen-bond donors (Lipinski definition) is 2. The minimum absolute atomic E-state index is 0.194. The summed E-state index contributed by atoms with van der Waals surface area (Å²) < 4.78 is 5.35. The van der Waals surface area contributed by atoms with Crippen LogP contribution in [-0.4, -0.2) is 29.7 Å². The molecule has 0 amide bonds. The van der Waals surface area contributed by atoms with Crippen LogP contribution in [-0.2, 0) is 4.74 Å². The van der Waals surface area contributed by atoms with Gasteiger partial charge in [0, 0.05) is 24.2 Å². The second kappa shape index (κ2) is 5.74. The van der Waals surface area contributed by atoms with Gasteiger partial charge in [-0.1, -0.05) is 23.2 Å². The van der Waals surface area contributed by atoms with Crippen LogP contribution in [0.3, 0.4) is 0 Å². The van der Waals surface area contributed by atoms with Crippen LogP contribution in [0, 0.1) is 0 Å². The van der Waals surface area contributed by atoms with Gasteiger partial charge in [0.2, 0.25) is 0 Å². The number of halogens is 2. The first-order valence-electron chi connectivity index (χ1n) is 6.44. The van der Waals surface area contributed by atoms with Gasteiger partial charge < -0.3 is 15.0 Å². The van der Waals surface area contributed by atoms with Crippen molar-refractivity contribution >= 4 is 23.2 Å². The molecule has 6 heteroatoms. The fraction of sp³-hybridized carbons (Fsp3) is 0.357. The van der Waals surface area contributed by atoms with Gasteiger partial charge in [0.25, 0.3) is 0 Å². The van der Waals surface area contributed by atoms with E-state index in [0.717, 1.165) is 30.0 Å². The zero-order chi connectivity index (χ0) is 14.1. The fourth-order valence-corrected chi connectivity index (χ4v) is 2.96. The number of H-pyrrole nitrogens is 1. The van der Waals surface area contributed by atoms with E-state index < -0.39 is 0 Å². The van der Waals surface area contributed by atoms with Crippen molar-refractivity contribution in [2.45, 2.75) is 18.6 Å². The van der Waals surface area contributed by atoms with Crippen molar-refractivity contribution in [3.63, 3.8) is 0 Å². The second-order valence-corrected chi connectivity index (χ2v) is 5.70. The molecule has 4 nitrogen and oxygen atoms in total. The van der Waals surface area contributed by atoms with Gasteiger partial charge in [0.05, 0.1) is 29.1 Å². The summed E-state index contributed by atoms with van der Waals surface area (Å²) in [5.74, 6) is 0.908. The highest BCUT2D eigenvalue weighted by atomic mass is 35.5. The van der Waals surface area contributed by atoms with E-state index >= 15 is 0 Å². The van der Waals surface area contributed by atoms with Gasteiger partial charge >= 0.3 is 0 Å².